The Morgan fingerprint density at radius 3 is 2.74 bits per heavy atom. The van der Waals surface area contributed by atoms with Crippen LogP contribution in [0.2, 0.25) is 0 Å². The molecular formula is C14H15ClFNOS. The maximum atomic E-state index is 13.1. The quantitative estimate of drug-likeness (QED) is 0.780. The van der Waals surface area contributed by atoms with Gasteiger partial charge in [0.05, 0.1) is 10.4 Å². The van der Waals surface area contributed by atoms with Gasteiger partial charge in [-0.1, -0.05) is 6.07 Å². The van der Waals surface area contributed by atoms with Crippen LogP contribution in [-0.2, 0) is 0 Å². The van der Waals surface area contributed by atoms with Crippen molar-refractivity contribution in [2.45, 2.75) is 19.4 Å². The minimum atomic E-state index is -0.417. The van der Waals surface area contributed by atoms with Gasteiger partial charge < -0.3 is 4.90 Å². The van der Waals surface area contributed by atoms with E-state index in [1.807, 2.05) is 13.8 Å². The molecule has 102 valence electrons. The van der Waals surface area contributed by atoms with Crippen molar-refractivity contribution in [3.63, 3.8) is 0 Å². The summed E-state index contributed by atoms with van der Waals surface area (Å²) in [5.74, 6) is -0.0237. The lowest BCUT2D eigenvalue weighted by atomic mass is 10.1. The van der Waals surface area contributed by atoms with Crippen LogP contribution in [-0.4, -0.2) is 29.3 Å². The van der Waals surface area contributed by atoms with Gasteiger partial charge in [-0.15, -0.1) is 22.9 Å². The molecular weight excluding hydrogens is 285 g/mol. The van der Waals surface area contributed by atoms with Crippen molar-refractivity contribution in [1.29, 1.82) is 0 Å². The second-order valence-corrected chi connectivity index (χ2v) is 6.45. The van der Waals surface area contributed by atoms with Crippen LogP contribution in [0.25, 0.3) is 10.1 Å². The van der Waals surface area contributed by atoms with Crippen LogP contribution in [0.3, 0.4) is 0 Å². The summed E-state index contributed by atoms with van der Waals surface area (Å²) in [7, 11) is 1.73. The van der Waals surface area contributed by atoms with Crippen LogP contribution in [0.4, 0.5) is 4.39 Å². The Bertz CT molecular complexity index is 623. The van der Waals surface area contributed by atoms with Crippen molar-refractivity contribution in [3.8, 4) is 0 Å². The second kappa shape index (κ2) is 5.10. The zero-order valence-electron chi connectivity index (χ0n) is 11.0. The van der Waals surface area contributed by atoms with Gasteiger partial charge in [-0.3, -0.25) is 4.79 Å². The Morgan fingerprint density at radius 2 is 2.11 bits per heavy atom. The minimum absolute atomic E-state index is 0.0905. The molecule has 2 rings (SSSR count). The molecule has 19 heavy (non-hydrogen) atoms. The van der Waals surface area contributed by atoms with Gasteiger partial charge in [0, 0.05) is 17.6 Å². The number of carbonyl (C=O) groups is 1. The molecule has 0 aliphatic carbocycles. The average molecular weight is 300 g/mol. The fraction of sp³-hybridized carbons (Fsp3) is 0.357. The minimum Gasteiger partial charge on any atom is -0.335 e. The lowest BCUT2D eigenvalue weighted by molar-refractivity contribution is 0.0665. The third kappa shape index (κ3) is 2.74. The van der Waals surface area contributed by atoms with Gasteiger partial charge in [0.2, 0.25) is 0 Å². The molecule has 1 heterocycles. The van der Waals surface area contributed by atoms with Crippen molar-refractivity contribution < 1.29 is 9.18 Å². The van der Waals surface area contributed by atoms with Crippen molar-refractivity contribution in [2.75, 3.05) is 12.9 Å². The Morgan fingerprint density at radius 1 is 1.42 bits per heavy atom. The number of thiophene rings is 1. The van der Waals surface area contributed by atoms with Gasteiger partial charge >= 0.3 is 0 Å². The molecule has 0 unspecified atom stereocenters. The Balaban J connectivity index is 2.36. The first-order valence-electron chi connectivity index (χ1n) is 5.88. The number of hydrogen-bond donors (Lipinski definition) is 0. The van der Waals surface area contributed by atoms with E-state index in [4.69, 9.17) is 11.6 Å². The van der Waals surface area contributed by atoms with E-state index in [2.05, 4.69) is 0 Å². The molecule has 1 aromatic heterocycles. The largest absolute Gasteiger partial charge is 0.335 e. The second-order valence-electron chi connectivity index (χ2n) is 5.10. The van der Waals surface area contributed by atoms with Crippen LogP contribution in [0.5, 0.6) is 0 Å². The molecule has 0 saturated heterocycles. The molecule has 0 saturated carbocycles. The number of hydrogen-bond acceptors (Lipinski definition) is 2. The summed E-state index contributed by atoms with van der Waals surface area (Å²) in [5.41, 5.74) is -0.417. The summed E-state index contributed by atoms with van der Waals surface area (Å²) >= 11 is 7.18. The van der Waals surface area contributed by atoms with E-state index < -0.39 is 5.54 Å². The number of amides is 1. The molecule has 1 aromatic carbocycles. The highest BCUT2D eigenvalue weighted by molar-refractivity contribution is 7.20. The molecule has 0 N–H and O–H groups in total. The predicted molar refractivity (Wildman–Crippen MR) is 78.7 cm³/mol. The van der Waals surface area contributed by atoms with E-state index in [9.17, 15) is 9.18 Å². The summed E-state index contributed by atoms with van der Waals surface area (Å²) < 4.78 is 13.9. The van der Waals surface area contributed by atoms with Gasteiger partial charge in [0.25, 0.3) is 5.91 Å². The SMILES string of the molecule is CN(C(=O)c1cc2ccc(F)cc2s1)C(C)(C)CCl. The van der Waals surface area contributed by atoms with Gasteiger partial charge in [-0.05, 0) is 37.4 Å². The number of halogens is 2. The number of rotatable bonds is 3. The predicted octanol–water partition coefficient (Wildman–Crippen LogP) is 4.13. The van der Waals surface area contributed by atoms with E-state index in [1.54, 1.807) is 24.1 Å². The number of benzene rings is 1. The van der Waals surface area contributed by atoms with E-state index in [0.717, 1.165) is 10.1 Å². The van der Waals surface area contributed by atoms with Crippen molar-refractivity contribution in [1.82, 2.24) is 4.90 Å². The fourth-order valence-electron chi connectivity index (χ4n) is 1.64. The van der Waals surface area contributed by atoms with E-state index in [-0.39, 0.29) is 11.7 Å². The third-order valence-electron chi connectivity index (χ3n) is 3.23. The van der Waals surface area contributed by atoms with E-state index in [0.29, 0.717) is 10.8 Å². The summed E-state index contributed by atoms with van der Waals surface area (Å²) in [6, 6.07) is 6.33. The third-order valence-corrected chi connectivity index (χ3v) is 4.97. The number of alkyl halides is 1. The Labute approximate surface area is 120 Å². The monoisotopic (exact) mass is 299 g/mol. The average Bonchev–Trinajstić information content (AvgIpc) is 2.79. The number of fused-ring (bicyclic) bond motifs is 1. The molecule has 5 heteroatoms. The highest BCUT2D eigenvalue weighted by atomic mass is 35.5. The standard InChI is InChI=1S/C14H15ClFNOS/c1-14(2,8-15)17(3)13(18)12-6-9-4-5-10(16)7-11(9)19-12/h4-7H,8H2,1-3H3. The van der Waals surface area contributed by atoms with Crippen LogP contribution in [0.15, 0.2) is 24.3 Å². The zero-order valence-corrected chi connectivity index (χ0v) is 12.6. The Kier molecular flexibility index (Phi) is 3.83. The molecule has 0 aliphatic heterocycles. The molecule has 0 fully saturated rings. The summed E-state index contributed by atoms with van der Waals surface area (Å²) in [4.78, 5) is 14.6. The topological polar surface area (TPSA) is 20.3 Å². The van der Waals surface area contributed by atoms with Gasteiger partial charge in [0.15, 0.2) is 0 Å². The molecule has 1 amide bonds. The molecule has 0 bridgehead atoms. The summed E-state index contributed by atoms with van der Waals surface area (Å²) in [6.45, 7) is 3.82. The van der Waals surface area contributed by atoms with E-state index in [1.165, 1.54) is 23.5 Å². The maximum Gasteiger partial charge on any atom is 0.264 e. The van der Waals surface area contributed by atoms with Gasteiger partial charge in [-0.25, -0.2) is 4.39 Å². The van der Waals surface area contributed by atoms with Gasteiger partial charge in [-0.2, -0.15) is 0 Å². The molecule has 2 aromatic rings. The summed E-state index contributed by atoms with van der Waals surface area (Å²) in [5, 5.41) is 0.881. The molecule has 0 aliphatic rings. The molecule has 0 spiro atoms. The number of nitrogens with zero attached hydrogens (tertiary/aromatic N) is 1. The zero-order chi connectivity index (χ0) is 14.2. The van der Waals surface area contributed by atoms with Crippen LogP contribution in [0.1, 0.15) is 23.5 Å². The normalized spacial score (nSPS) is 11.8. The molecule has 0 radical (unpaired) electrons. The van der Waals surface area contributed by atoms with Crippen molar-refractivity contribution >= 4 is 38.9 Å². The van der Waals surface area contributed by atoms with Gasteiger partial charge in [0.1, 0.15) is 5.82 Å². The lowest BCUT2D eigenvalue weighted by Gasteiger charge is -2.33. The van der Waals surface area contributed by atoms with Crippen LogP contribution >= 0.6 is 22.9 Å². The first-order valence-corrected chi connectivity index (χ1v) is 7.23. The first kappa shape index (κ1) is 14.3. The maximum absolute atomic E-state index is 13.1. The highest BCUT2D eigenvalue weighted by Crippen LogP contribution is 2.28. The highest BCUT2D eigenvalue weighted by Gasteiger charge is 2.28. The number of carbonyl (C=O) groups excluding carboxylic acids is 1. The molecule has 2 nitrogen and oxygen atoms in total. The van der Waals surface area contributed by atoms with Crippen molar-refractivity contribution in [2.24, 2.45) is 0 Å². The van der Waals surface area contributed by atoms with E-state index >= 15 is 0 Å². The van der Waals surface area contributed by atoms with Crippen LogP contribution in [0, 0.1) is 5.82 Å². The smallest absolute Gasteiger partial charge is 0.264 e. The summed E-state index contributed by atoms with van der Waals surface area (Å²) in [6.07, 6.45) is 0. The Hall–Kier alpha value is -1.13. The fourth-order valence-corrected chi connectivity index (χ4v) is 2.88. The van der Waals surface area contributed by atoms with Crippen molar-refractivity contribution in [3.05, 3.63) is 35.0 Å². The first-order chi connectivity index (χ1) is 8.85. The molecule has 0 atom stereocenters. The van der Waals surface area contributed by atoms with Crippen LogP contribution < -0.4 is 0 Å². The lowest BCUT2D eigenvalue weighted by Crippen LogP contribution is -2.46.